The molecule has 1 saturated heterocycles. The molecule has 0 bridgehead atoms. The highest BCUT2D eigenvalue weighted by Crippen LogP contribution is 2.24. The van der Waals surface area contributed by atoms with E-state index in [0.29, 0.717) is 19.3 Å². The molecule has 13 heteroatoms. The molecule has 0 saturated carbocycles. The number of aliphatic hydroxyl groups is 3. The first kappa shape index (κ1) is 49.4. The molecule has 1 aliphatic heterocycles. The topological polar surface area (TPSA) is 186 Å². The lowest BCUT2D eigenvalue weighted by atomic mass is 10.00. The van der Waals surface area contributed by atoms with E-state index >= 15 is 0 Å². The summed E-state index contributed by atoms with van der Waals surface area (Å²) in [6.45, 7) is 3.54. The van der Waals surface area contributed by atoms with Crippen molar-refractivity contribution in [2.75, 3.05) is 19.0 Å². The molecule has 1 fully saturated rings. The zero-order valence-electron chi connectivity index (χ0n) is 32.5. The summed E-state index contributed by atoms with van der Waals surface area (Å²) in [5.41, 5.74) is 0. The molecule has 1 heterocycles. The zero-order valence-corrected chi connectivity index (χ0v) is 33.4. The van der Waals surface area contributed by atoms with Crippen molar-refractivity contribution in [1.82, 2.24) is 0 Å². The molecule has 0 amide bonds. The molecule has 6 atom stereocenters. The number of allylic oxidation sites excluding steroid dienone is 10. The number of unbranched alkanes of at least 4 members (excludes halogenated alkanes) is 9. The SMILES string of the molecule is CC/C=C/C/C=C/C/C=C/C/C=C/C/C=C/CCCC(=O)O[C@H](COC(=O)CCCCCCCCCCC)CO[C@H]1O[C@H](CS(=O)(=O)O)[C@@H](O)C(O)C1O. The molecule has 0 aromatic heterocycles. The molecule has 310 valence electrons. The van der Waals surface area contributed by atoms with Gasteiger partial charge in [0, 0.05) is 12.8 Å². The first-order valence-corrected chi connectivity index (χ1v) is 21.5. The van der Waals surface area contributed by atoms with Gasteiger partial charge < -0.3 is 34.3 Å². The van der Waals surface area contributed by atoms with E-state index in [1.54, 1.807) is 0 Å². The van der Waals surface area contributed by atoms with Gasteiger partial charge in [-0.2, -0.15) is 8.42 Å². The lowest BCUT2D eigenvalue weighted by Gasteiger charge is -2.40. The molecule has 54 heavy (non-hydrogen) atoms. The van der Waals surface area contributed by atoms with Crippen LogP contribution >= 0.6 is 0 Å². The van der Waals surface area contributed by atoms with Crippen LogP contribution in [0.4, 0.5) is 0 Å². The second-order valence-corrected chi connectivity index (χ2v) is 15.1. The summed E-state index contributed by atoms with van der Waals surface area (Å²) in [4.78, 5) is 25.2. The average Bonchev–Trinajstić information content (AvgIpc) is 3.13. The molecule has 12 nitrogen and oxygen atoms in total. The predicted molar refractivity (Wildman–Crippen MR) is 210 cm³/mol. The molecule has 0 aliphatic carbocycles. The van der Waals surface area contributed by atoms with Crippen molar-refractivity contribution in [2.45, 2.75) is 166 Å². The van der Waals surface area contributed by atoms with Crippen molar-refractivity contribution in [3.8, 4) is 0 Å². The average molecular weight is 785 g/mol. The zero-order chi connectivity index (χ0) is 39.9. The molecule has 1 rings (SSSR count). The summed E-state index contributed by atoms with van der Waals surface area (Å²) >= 11 is 0. The van der Waals surface area contributed by atoms with Crippen LogP contribution in [0.25, 0.3) is 0 Å². The molecule has 0 spiro atoms. The quantitative estimate of drug-likeness (QED) is 0.0245. The summed E-state index contributed by atoms with van der Waals surface area (Å²) < 4.78 is 53.7. The maximum absolute atomic E-state index is 12.7. The van der Waals surface area contributed by atoms with Gasteiger partial charge in [-0.25, -0.2) is 0 Å². The molecule has 1 aliphatic rings. The van der Waals surface area contributed by atoms with E-state index in [0.717, 1.165) is 51.4 Å². The second kappa shape index (κ2) is 31.5. The van der Waals surface area contributed by atoms with Gasteiger partial charge in [-0.1, -0.05) is 126 Å². The van der Waals surface area contributed by atoms with E-state index < -0.39 is 71.2 Å². The smallest absolute Gasteiger partial charge is 0.306 e. The summed E-state index contributed by atoms with van der Waals surface area (Å²) in [5, 5.41) is 30.7. The van der Waals surface area contributed by atoms with Gasteiger partial charge in [0.15, 0.2) is 12.4 Å². The Morgan fingerprint density at radius 1 is 0.648 bits per heavy atom. The van der Waals surface area contributed by atoms with Crippen LogP contribution in [0.2, 0.25) is 0 Å². The number of esters is 2. The Labute approximate surface area is 324 Å². The van der Waals surface area contributed by atoms with Gasteiger partial charge >= 0.3 is 11.9 Å². The van der Waals surface area contributed by atoms with Crippen LogP contribution in [-0.2, 0) is 38.7 Å². The summed E-state index contributed by atoms with van der Waals surface area (Å²) in [6, 6.07) is 0. The van der Waals surface area contributed by atoms with E-state index in [9.17, 15) is 37.9 Å². The maximum atomic E-state index is 12.7. The predicted octanol–water partition coefficient (Wildman–Crippen LogP) is 7.00. The Bertz CT molecular complexity index is 1240. The summed E-state index contributed by atoms with van der Waals surface area (Å²) in [6.07, 6.45) is 27.2. The maximum Gasteiger partial charge on any atom is 0.306 e. The lowest BCUT2D eigenvalue weighted by molar-refractivity contribution is -0.297. The van der Waals surface area contributed by atoms with E-state index in [1.807, 2.05) is 12.2 Å². The minimum atomic E-state index is -4.61. The van der Waals surface area contributed by atoms with Gasteiger partial charge in [-0.05, 0) is 51.4 Å². The fraction of sp³-hybridized carbons (Fsp3) is 0.707. The van der Waals surface area contributed by atoms with E-state index in [-0.39, 0.29) is 19.4 Å². The molecular weight excluding hydrogens is 717 g/mol. The van der Waals surface area contributed by atoms with E-state index in [1.165, 1.54) is 32.1 Å². The monoisotopic (exact) mass is 784 g/mol. The Balaban J connectivity index is 2.56. The minimum absolute atomic E-state index is 0.0844. The summed E-state index contributed by atoms with van der Waals surface area (Å²) in [7, 11) is -4.61. The van der Waals surface area contributed by atoms with Crippen LogP contribution in [0.5, 0.6) is 0 Å². The molecule has 0 aromatic carbocycles. The Hall–Kier alpha value is -2.65. The highest BCUT2D eigenvalue weighted by Gasteiger charge is 2.46. The molecular formula is C41H68O12S. The molecule has 0 aromatic rings. The number of rotatable bonds is 31. The Morgan fingerprint density at radius 3 is 1.72 bits per heavy atom. The largest absolute Gasteiger partial charge is 0.462 e. The highest BCUT2D eigenvalue weighted by molar-refractivity contribution is 7.85. The van der Waals surface area contributed by atoms with Crippen LogP contribution in [0.3, 0.4) is 0 Å². The lowest BCUT2D eigenvalue weighted by Crippen LogP contribution is -2.60. The van der Waals surface area contributed by atoms with E-state index in [2.05, 4.69) is 62.5 Å². The second-order valence-electron chi connectivity index (χ2n) is 13.6. The first-order chi connectivity index (χ1) is 26.0. The highest BCUT2D eigenvalue weighted by atomic mass is 32.2. The standard InChI is InChI=1S/C41H68O12S/c1-3-5-7-9-11-13-14-15-16-17-18-19-20-22-24-26-28-30-37(43)52-34(31-50-36(42)29-27-25-23-21-12-10-8-6-4-2)32-51-41-40(46)39(45)38(44)35(53-41)33-54(47,48)49/h5,7,11,13,15-16,18-19,22,24,34-35,38-41,44-46H,3-4,6,8-10,12,14,17,20-21,23,25-33H2,1-2H3,(H,47,48,49)/b7-5+,13-11+,16-15+,19-18+,24-22+/t34-,35-,38-,39?,40?,41+/m1/s1. The van der Waals surface area contributed by atoms with Crippen LogP contribution in [0.15, 0.2) is 60.8 Å². The molecule has 2 unspecified atom stereocenters. The van der Waals surface area contributed by atoms with Crippen molar-refractivity contribution in [3.05, 3.63) is 60.8 Å². The fourth-order valence-corrected chi connectivity index (χ4v) is 6.22. The number of ether oxygens (including phenoxy) is 4. The number of hydrogen-bond acceptors (Lipinski definition) is 11. The van der Waals surface area contributed by atoms with Crippen LogP contribution in [0, 0.1) is 0 Å². The van der Waals surface area contributed by atoms with Gasteiger partial charge in [-0.3, -0.25) is 14.1 Å². The van der Waals surface area contributed by atoms with Gasteiger partial charge in [0.2, 0.25) is 0 Å². The van der Waals surface area contributed by atoms with Crippen molar-refractivity contribution in [1.29, 1.82) is 0 Å². The third-order valence-electron chi connectivity index (χ3n) is 8.61. The molecule has 4 N–H and O–H groups in total. The van der Waals surface area contributed by atoms with Crippen molar-refractivity contribution >= 4 is 22.1 Å². The van der Waals surface area contributed by atoms with Crippen LogP contribution in [0.1, 0.15) is 129 Å². The van der Waals surface area contributed by atoms with Crippen LogP contribution < -0.4 is 0 Å². The van der Waals surface area contributed by atoms with Crippen LogP contribution in [-0.4, -0.2) is 96.0 Å². The summed E-state index contributed by atoms with van der Waals surface area (Å²) in [5.74, 6) is -2.07. The molecule has 0 radical (unpaired) electrons. The Morgan fingerprint density at radius 2 is 1.17 bits per heavy atom. The normalized spacial score (nSPS) is 21.6. The van der Waals surface area contributed by atoms with Gasteiger partial charge in [0.05, 0.1) is 6.61 Å². The number of carbonyl (C=O) groups is 2. The number of aliphatic hydroxyl groups excluding tert-OH is 3. The van der Waals surface area contributed by atoms with Gasteiger partial charge in [-0.15, -0.1) is 0 Å². The van der Waals surface area contributed by atoms with Gasteiger partial charge in [0.1, 0.15) is 36.8 Å². The van der Waals surface area contributed by atoms with E-state index in [4.69, 9.17) is 18.9 Å². The number of carbonyl (C=O) groups excluding carboxylic acids is 2. The van der Waals surface area contributed by atoms with Crippen molar-refractivity contribution in [2.24, 2.45) is 0 Å². The van der Waals surface area contributed by atoms with Gasteiger partial charge in [0.25, 0.3) is 10.1 Å². The third kappa shape index (κ3) is 26.2. The number of hydrogen-bond donors (Lipinski definition) is 4. The van der Waals surface area contributed by atoms with Crippen molar-refractivity contribution in [3.63, 3.8) is 0 Å². The Kier molecular flexibility index (Phi) is 28.8. The first-order valence-electron chi connectivity index (χ1n) is 19.8. The minimum Gasteiger partial charge on any atom is -0.462 e. The fourth-order valence-electron chi connectivity index (χ4n) is 5.53. The van der Waals surface area contributed by atoms with Crippen molar-refractivity contribution < 1.29 is 56.8 Å². The third-order valence-corrected chi connectivity index (χ3v) is 9.36.